The minimum Gasteiger partial charge on any atom is -0.377 e. The Morgan fingerprint density at radius 1 is 1.38 bits per heavy atom. The molecule has 1 aliphatic rings. The van der Waals surface area contributed by atoms with Gasteiger partial charge in [-0.1, -0.05) is 48.8 Å². The monoisotopic (exact) mass is 328 g/mol. The van der Waals surface area contributed by atoms with Crippen molar-refractivity contribution >= 4 is 5.91 Å². The van der Waals surface area contributed by atoms with E-state index in [9.17, 15) is 4.79 Å². The number of benzene rings is 1. The van der Waals surface area contributed by atoms with Gasteiger partial charge in [0.15, 0.2) is 11.5 Å². The molecule has 24 heavy (non-hydrogen) atoms. The van der Waals surface area contributed by atoms with E-state index in [1.54, 1.807) is 13.2 Å². The third kappa shape index (κ3) is 3.51. The average molecular weight is 328 g/mol. The Hall–Kier alpha value is -2.14. The Morgan fingerprint density at radius 2 is 2.17 bits per heavy atom. The standard InChI is InChI=1S/C19H24N2O3/c1-3-14-12-21(10-9-17(14)15-7-5-4-6-8-15)19(22)18-11-16(13-23-2)24-20-18/h4-8,11,14,17H,3,9-10,12-13H2,1-2H3/t14-,17-/m0/s1. The van der Waals surface area contributed by atoms with Gasteiger partial charge in [0.05, 0.1) is 0 Å². The predicted octanol–water partition coefficient (Wildman–Crippen LogP) is 3.48. The fourth-order valence-corrected chi connectivity index (χ4v) is 3.56. The van der Waals surface area contributed by atoms with Crippen molar-refractivity contribution in [3.8, 4) is 0 Å². The average Bonchev–Trinajstić information content (AvgIpc) is 3.10. The lowest BCUT2D eigenvalue weighted by Gasteiger charge is -2.38. The number of piperidine rings is 1. The third-order valence-electron chi connectivity index (χ3n) is 4.84. The minimum absolute atomic E-state index is 0.0499. The zero-order valence-corrected chi connectivity index (χ0v) is 14.3. The van der Waals surface area contributed by atoms with Crippen LogP contribution in [0.15, 0.2) is 40.9 Å². The molecule has 2 heterocycles. The minimum atomic E-state index is -0.0499. The van der Waals surface area contributed by atoms with Gasteiger partial charge in [-0.2, -0.15) is 0 Å². The molecular formula is C19H24N2O3. The second-order valence-electron chi connectivity index (χ2n) is 6.34. The van der Waals surface area contributed by atoms with Gasteiger partial charge in [-0.05, 0) is 23.8 Å². The smallest absolute Gasteiger partial charge is 0.276 e. The molecule has 3 rings (SSSR count). The molecule has 0 unspecified atom stereocenters. The van der Waals surface area contributed by atoms with Gasteiger partial charge in [0, 0.05) is 26.3 Å². The molecule has 5 heteroatoms. The van der Waals surface area contributed by atoms with Crippen molar-refractivity contribution in [2.24, 2.45) is 5.92 Å². The molecule has 1 aliphatic heterocycles. The van der Waals surface area contributed by atoms with Crippen molar-refractivity contribution in [1.82, 2.24) is 10.1 Å². The Kier molecular flexibility index (Phi) is 5.30. The molecule has 2 atom stereocenters. The maximum atomic E-state index is 12.7. The molecule has 2 aromatic rings. The van der Waals surface area contributed by atoms with E-state index in [0.29, 0.717) is 29.9 Å². The first kappa shape index (κ1) is 16.7. The summed E-state index contributed by atoms with van der Waals surface area (Å²) in [4.78, 5) is 14.6. The van der Waals surface area contributed by atoms with Crippen LogP contribution < -0.4 is 0 Å². The molecule has 1 fully saturated rings. The first-order valence-corrected chi connectivity index (χ1v) is 8.51. The van der Waals surface area contributed by atoms with Crippen molar-refractivity contribution in [1.29, 1.82) is 0 Å². The van der Waals surface area contributed by atoms with Gasteiger partial charge < -0.3 is 14.2 Å². The number of amides is 1. The molecule has 5 nitrogen and oxygen atoms in total. The number of hydrogen-bond donors (Lipinski definition) is 0. The Bertz CT molecular complexity index is 668. The summed E-state index contributed by atoms with van der Waals surface area (Å²) < 4.78 is 10.1. The van der Waals surface area contributed by atoms with Crippen LogP contribution in [0.2, 0.25) is 0 Å². The molecule has 0 bridgehead atoms. The van der Waals surface area contributed by atoms with Crippen LogP contribution in [0.25, 0.3) is 0 Å². The number of methoxy groups -OCH3 is 1. The van der Waals surface area contributed by atoms with Crippen LogP contribution in [0.3, 0.4) is 0 Å². The van der Waals surface area contributed by atoms with Crippen molar-refractivity contribution < 1.29 is 14.1 Å². The molecule has 0 radical (unpaired) electrons. The SMILES string of the molecule is CC[C@H]1CN(C(=O)c2cc(COC)on2)CC[C@@H]1c1ccccc1. The highest BCUT2D eigenvalue weighted by molar-refractivity contribution is 5.92. The summed E-state index contributed by atoms with van der Waals surface area (Å²) in [6.07, 6.45) is 2.04. The normalized spacial score (nSPS) is 21.0. The van der Waals surface area contributed by atoms with Gasteiger partial charge in [-0.3, -0.25) is 4.79 Å². The van der Waals surface area contributed by atoms with Crippen molar-refractivity contribution in [2.45, 2.75) is 32.3 Å². The fourth-order valence-electron chi connectivity index (χ4n) is 3.56. The lowest BCUT2D eigenvalue weighted by Crippen LogP contribution is -2.43. The highest BCUT2D eigenvalue weighted by Gasteiger charge is 2.32. The number of carbonyl (C=O) groups is 1. The van der Waals surface area contributed by atoms with E-state index >= 15 is 0 Å². The zero-order chi connectivity index (χ0) is 16.9. The summed E-state index contributed by atoms with van der Waals surface area (Å²) in [5, 5.41) is 3.89. The quantitative estimate of drug-likeness (QED) is 0.843. The zero-order valence-electron chi connectivity index (χ0n) is 14.3. The predicted molar refractivity (Wildman–Crippen MR) is 90.7 cm³/mol. The van der Waals surface area contributed by atoms with Gasteiger partial charge in [0.25, 0.3) is 5.91 Å². The van der Waals surface area contributed by atoms with E-state index in [1.165, 1.54) is 5.56 Å². The highest BCUT2D eigenvalue weighted by atomic mass is 16.5. The topological polar surface area (TPSA) is 55.6 Å². The number of ether oxygens (including phenoxy) is 1. The van der Waals surface area contributed by atoms with Crippen LogP contribution in [0, 0.1) is 5.92 Å². The number of hydrogen-bond acceptors (Lipinski definition) is 4. The van der Waals surface area contributed by atoms with E-state index in [2.05, 4.69) is 36.3 Å². The summed E-state index contributed by atoms with van der Waals surface area (Å²) in [5.74, 6) is 1.51. The molecule has 1 aromatic carbocycles. The fraction of sp³-hybridized carbons (Fsp3) is 0.474. The molecule has 0 spiro atoms. The first-order chi connectivity index (χ1) is 11.7. The molecular weight excluding hydrogens is 304 g/mol. The van der Waals surface area contributed by atoms with Gasteiger partial charge in [-0.15, -0.1) is 0 Å². The van der Waals surface area contributed by atoms with Gasteiger partial charge >= 0.3 is 0 Å². The van der Waals surface area contributed by atoms with Gasteiger partial charge in [0.1, 0.15) is 6.61 Å². The van der Waals surface area contributed by atoms with Gasteiger partial charge in [0.2, 0.25) is 0 Å². The van der Waals surface area contributed by atoms with E-state index in [4.69, 9.17) is 9.26 Å². The number of likely N-dealkylation sites (tertiary alicyclic amines) is 1. The van der Waals surface area contributed by atoms with Crippen LogP contribution in [0.4, 0.5) is 0 Å². The maximum absolute atomic E-state index is 12.7. The van der Waals surface area contributed by atoms with Crippen molar-refractivity contribution in [3.05, 3.63) is 53.4 Å². The summed E-state index contributed by atoms with van der Waals surface area (Å²) in [7, 11) is 1.59. The van der Waals surface area contributed by atoms with E-state index in [0.717, 1.165) is 25.9 Å². The summed E-state index contributed by atoms with van der Waals surface area (Å²) >= 11 is 0. The van der Waals surface area contributed by atoms with Crippen LogP contribution in [-0.4, -0.2) is 36.2 Å². The Balaban J connectivity index is 1.69. The molecule has 0 N–H and O–H groups in total. The number of carbonyl (C=O) groups excluding carboxylic acids is 1. The number of nitrogens with zero attached hydrogens (tertiary/aromatic N) is 2. The third-order valence-corrected chi connectivity index (χ3v) is 4.84. The van der Waals surface area contributed by atoms with E-state index in [1.807, 2.05) is 11.0 Å². The Labute approximate surface area is 142 Å². The molecule has 1 saturated heterocycles. The van der Waals surface area contributed by atoms with Crippen LogP contribution in [-0.2, 0) is 11.3 Å². The first-order valence-electron chi connectivity index (χ1n) is 8.51. The second-order valence-corrected chi connectivity index (χ2v) is 6.34. The molecule has 128 valence electrons. The highest BCUT2D eigenvalue weighted by Crippen LogP contribution is 2.35. The Morgan fingerprint density at radius 3 is 2.88 bits per heavy atom. The molecule has 0 saturated carbocycles. The summed E-state index contributed by atoms with van der Waals surface area (Å²) in [6, 6.07) is 12.3. The number of rotatable bonds is 5. The van der Waals surface area contributed by atoms with Crippen LogP contribution in [0.5, 0.6) is 0 Å². The number of aromatic nitrogens is 1. The van der Waals surface area contributed by atoms with E-state index in [-0.39, 0.29) is 5.91 Å². The largest absolute Gasteiger partial charge is 0.377 e. The maximum Gasteiger partial charge on any atom is 0.276 e. The van der Waals surface area contributed by atoms with Gasteiger partial charge in [-0.25, -0.2) is 0 Å². The summed E-state index contributed by atoms with van der Waals surface area (Å²) in [6.45, 7) is 4.04. The lowest BCUT2D eigenvalue weighted by atomic mass is 9.79. The summed E-state index contributed by atoms with van der Waals surface area (Å²) in [5.41, 5.74) is 1.75. The lowest BCUT2D eigenvalue weighted by molar-refractivity contribution is 0.0634. The van der Waals surface area contributed by atoms with Crippen LogP contribution >= 0.6 is 0 Å². The van der Waals surface area contributed by atoms with Crippen molar-refractivity contribution in [2.75, 3.05) is 20.2 Å². The molecule has 1 aromatic heterocycles. The molecule has 1 amide bonds. The van der Waals surface area contributed by atoms with Crippen LogP contribution in [0.1, 0.15) is 47.5 Å². The van der Waals surface area contributed by atoms with E-state index < -0.39 is 0 Å². The van der Waals surface area contributed by atoms with Crippen molar-refractivity contribution in [3.63, 3.8) is 0 Å². The second kappa shape index (κ2) is 7.62. The molecule has 0 aliphatic carbocycles.